The first-order valence-electron chi connectivity index (χ1n) is 21.1. The van der Waals surface area contributed by atoms with Gasteiger partial charge < -0.3 is 5.11 Å². The zero-order chi connectivity index (χ0) is 42.5. The Morgan fingerprint density at radius 2 is 1.08 bits per heavy atom. The van der Waals surface area contributed by atoms with Gasteiger partial charge in [0.25, 0.3) is 0 Å². The molecule has 4 heteroatoms. The van der Waals surface area contributed by atoms with E-state index < -0.39 is 0 Å². The van der Waals surface area contributed by atoms with Crippen molar-refractivity contribution < 1.29 is 5.11 Å². The van der Waals surface area contributed by atoms with E-state index >= 15 is 0 Å². The number of hydrogen-bond acceptors (Lipinski definition) is 3. The van der Waals surface area contributed by atoms with Crippen LogP contribution in [-0.4, -0.2) is 19.6 Å². The second-order valence-electron chi connectivity index (χ2n) is 18.2. The van der Waals surface area contributed by atoms with Crippen molar-refractivity contribution >= 4 is 11.0 Å². The van der Waals surface area contributed by atoms with Crippen LogP contribution < -0.4 is 0 Å². The van der Waals surface area contributed by atoms with Crippen LogP contribution in [-0.2, 0) is 10.8 Å². The van der Waals surface area contributed by atoms with Crippen molar-refractivity contribution in [2.75, 3.05) is 0 Å². The second-order valence-corrected chi connectivity index (χ2v) is 18.2. The smallest absolute Gasteiger partial charge is 0.149 e. The van der Waals surface area contributed by atoms with E-state index in [1.807, 2.05) is 30.5 Å². The highest BCUT2D eigenvalue weighted by Gasteiger charge is 2.25. The van der Waals surface area contributed by atoms with Gasteiger partial charge >= 0.3 is 0 Å². The van der Waals surface area contributed by atoms with Crippen molar-refractivity contribution in [3.05, 3.63) is 193 Å². The number of phenols is 1. The van der Waals surface area contributed by atoms with Crippen LogP contribution in [0.3, 0.4) is 0 Å². The van der Waals surface area contributed by atoms with Crippen LogP contribution in [0.5, 0.6) is 5.75 Å². The summed E-state index contributed by atoms with van der Waals surface area (Å²) in [6.07, 6.45) is 1.90. The number of fused-ring (bicyclic) bond motifs is 1. The maximum absolute atomic E-state index is 11.5. The molecule has 0 spiro atoms. The fourth-order valence-electron chi connectivity index (χ4n) is 8.37. The van der Waals surface area contributed by atoms with Gasteiger partial charge in [-0.3, -0.25) is 9.55 Å². The van der Waals surface area contributed by atoms with Crippen molar-refractivity contribution in [2.24, 2.45) is 0 Å². The molecule has 300 valence electrons. The Labute approximate surface area is 359 Å². The van der Waals surface area contributed by atoms with Crippen molar-refractivity contribution in [2.45, 2.75) is 59.3 Å². The summed E-state index contributed by atoms with van der Waals surface area (Å²) in [5.74, 6) is 0.847. The maximum Gasteiger partial charge on any atom is 0.149 e. The molecule has 0 radical (unpaired) electrons. The first-order valence-corrected chi connectivity index (χ1v) is 21.1. The van der Waals surface area contributed by atoms with Gasteiger partial charge in [-0.15, -0.1) is 0 Å². The zero-order valence-electron chi connectivity index (χ0n) is 36.0. The van der Waals surface area contributed by atoms with Gasteiger partial charge in [0.1, 0.15) is 11.6 Å². The number of benzene rings is 7. The van der Waals surface area contributed by atoms with Crippen LogP contribution in [0.4, 0.5) is 0 Å². The summed E-state index contributed by atoms with van der Waals surface area (Å²) in [4.78, 5) is 10.4. The summed E-state index contributed by atoms with van der Waals surface area (Å²) in [6, 6.07) is 59.7. The third-order valence-electron chi connectivity index (χ3n) is 11.8. The molecule has 0 unspecified atom stereocenters. The number of nitrogens with zero attached hydrogens (tertiary/aromatic N) is 3. The lowest BCUT2D eigenvalue weighted by atomic mass is 9.83. The van der Waals surface area contributed by atoms with Gasteiger partial charge in [0.2, 0.25) is 0 Å². The van der Waals surface area contributed by atoms with Gasteiger partial charge in [0, 0.05) is 22.9 Å². The van der Waals surface area contributed by atoms with E-state index in [0.29, 0.717) is 11.4 Å². The number of aromatic nitrogens is 3. The molecule has 0 saturated heterocycles. The molecule has 2 aromatic heterocycles. The lowest BCUT2D eigenvalue weighted by Gasteiger charge is -2.22. The molecule has 0 bridgehead atoms. The van der Waals surface area contributed by atoms with Crippen molar-refractivity contribution in [1.82, 2.24) is 14.5 Å². The van der Waals surface area contributed by atoms with E-state index in [4.69, 9.17) is 9.97 Å². The highest BCUT2D eigenvalue weighted by atomic mass is 16.3. The van der Waals surface area contributed by atoms with Crippen LogP contribution in [0.15, 0.2) is 176 Å². The van der Waals surface area contributed by atoms with Gasteiger partial charge in [-0.25, -0.2) is 4.98 Å². The van der Waals surface area contributed by atoms with E-state index in [2.05, 4.69) is 193 Å². The van der Waals surface area contributed by atoms with Crippen LogP contribution in [0, 0.1) is 6.92 Å². The van der Waals surface area contributed by atoms with Crippen molar-refractivity contribution in [1.29, 1.82) is 0 Å². The largest absolute Gasteiger partial charge is 0.507 e. The predicted molar refractivity (Wildman–Crippen MR) is 255 cm³/mol. The Morgan fingerprint density at radius 1 is 0.459 bits per heavy atom. The molecule has 61 heavy (non-hydrogen) atoms. The van der Waals surface area contributed by atoms with Crippen LogP contribution >= 0.6 is 0 Å². The summed E-state index contributed by atoms with van der Waals surface area (Å²) in [5.41, 5.74) is 17.9. The molecule has 2 heterocycles. The Kier molecular flexibility index (Phi) is 10.0. The third kappa shape index (κ3) is 7.66. The van der Waals surface area contributed by atoms with Gasteiger partial charge in [-0.2, -0.15) is 0 Å². The molecule has 0 amide bonds. The van der Waals surface area contributed by atoms with Gasteiger partial charge in [-0.05, 0) is 122 Å². The van der Waals surface area contributed by atoms with Crippen LogP contribution in [0.1, 0.15) is 58.2 Å². The minimum atomic E-state index is -0.132. The van der Waals surface area contributed by atoms with Gasteiger partial charge in [-0.1, -0.05) is 157 Å². The SMILES string of the molecule is Cc1cc(-n2c(-c3ccccc3O)nc3c(-c4cc(-c5cc(-c6ccccc6)ccn5)cc(C(C)(C)C)c4)cccc32)c(-c2ccccc2)cc1-c1ccc(C(C)(C)C)cc1. The fourth-order valence-corrected chi connectivity index (χ4v) is 8.37. The molecule has 0 aliphatic carbocycles. The number of para-hydroxylation sites is 2. The molecule has 1 N–H and O–H groups in total. The first-order chi connectivity index (χ1) is 29.3. The minimum Gasteiger partial charge on any atom is -0.507 e. The maximum atomic E-state index is 11.5. The number of rotatable bonds is 7. The van der Waals surface area contributed by atoms with Crippen molar-refractivity contribution in [3.63, 3.8) is 0 Å². The summed E-state index contributed by atoms with van der Waals surface area (Å²) in [7, 11) is 0. The first kappa shape index (κ1) is 39.4. The lowest BCUT2D eigenvalue weighted by Crippen LogP contribution is -2.11. The summed E-state index contributed by atoms with van der Waals surface area (Å²) >= 11 is 0. The number of aromatic hydroxyl groups is 1. The molecule has 4 nitrogen and oxygen atoms in total. The standard InChI is InChI=1S/C57H51N3O/c1-37-31-52(49(39-19-12-9-13-20-39)36-48(37)40-25-27-44(28-26-40)56(2,3)4)60-51-23-16-22-46(54(51)59-55(60)47-21-14-15-24-53(47)61)42-32-43(34-45(33-42)57(5,6)7)50-35-41(29-30-58-50)38-17-10-8-11-18-38/h8-36,61H,1-7H3. The monoisotopic (exact) mass is 793 g/mol. The number of phenolic OH excluding ortho intramolecular Hbond substituents is 1. The fraction of sp³-hybridized carbons (Fsp3) is 0.158. The average Bonchev–Trinajstić information content (AvgIpc) is 3.66. The molecular weight excluding hydrogens is 743 g/mol. The average molecular weight is 794 g/mol. The number of hydrogen-bond donors (Lipinski definition) is 1. The highest BCUT2D eigenvalue weighted by Crippen LogP contribution is 2.43. The molecule has 9 rings (SSSR count). The molecule has 0 aliphatic heterocycles. The Bertz CT molecular complexity index is 3040. The van der Waals surface area contributed by atoms with Gasteiger partial charge in [0.15, 0.2) is 0 Å². The quantitative estimate of drug-likeness (QED) is 0.175. The Balaban J connectivity index is 1.29. The second kappa shape index (κ2) is 15.5. The third-order valence-corrected chi connectivity index (χ3v) is 11.8. The Morgan fingerprint density at radius 3 is 1.77 bits per heavy atom. The lowest BCUT2D eigenvalue weighted by molar-refractivity contribution is 0.477. The van der Waals surface area contributed by atoms with E-state index in [9.17, 15) is 5.11 Å². The van der Waals surface area contributed by atoms with E-state index in [1.165, 1.54) is 22.3 Å². The van der Waals surface area contributed by atoms with Crippen LogP contribution in [0.2, 0.25) is 0 Å². The number of pyridine rings is 1. The molecule has 0 saturated carbocycles. The number of aryl methyl sites for hydroxylation is 1. The van der Waals surface area contributed by atoms with E-state index in [0.717, 1.165) is 66.9 Å². The predicted octanol–water partition coefficient (Wildman–Crippen LogP) is 15.0. The highest BCUT2D eigenvalue weighted by molar-refractivity contribution is 5.98. The molecule has 0 aliphatic rings. The van der Waals surface area contributed by atoms with E-state index in [1.54, 1.807) is 6.07 Å². The molecule has 9 aromatic rings. The summed E-state index contributed by atoms with van der Waals surface area (Å²) in [6.45, 7) is 15.7. The zero-order valence-corrected chi connectivity index (χ0v) is 36.0. The minimum absolute atomic E-state index is 0.0628. The Hall–Kier alpha value is -7.04. The van der Waals surface area contributed by atoms with Gasteiger partial charge in [0.05, 0.1) is 28.0 Å². The topological polar surface area (TPSA) is 50.9 Å². The van der Waals surface area contributed by atoms with Crippen molar-refractivity contribution in [3.8, 4) is 78.6 Å². The van der Waals surface area contributed by atoms with E-state index in [-0.39, 0.29) is 16.6 Å². The molecule has 7 aromatic carbocycles. The summed E-state index contributed by atoms with van der Waals surface area (Å²) in [5, 5.41) is 11.5. The molecule has 0 fully saturated rings. The number of imidazole rings is 1. The molecular formula is C57H51N3O. The van der Waals surface area contributed by atoms with Crippen LogP contribution in [0.25, 0.3) is 83.9 Å². The molecule has 0 atom stereocenters. The normalized spacial score (nSPS) is 11.9. The summed E-state index contributed by atoms with van der Waals surface area (Å²) < 4.78 is 2.25.